The van der Waals surface area contributed by atoms with Gasteiger partial charge in [-0.15, -0.1) is 0 Å². The lowest BCUT2D eigenvalue weighted by molar-refractivity contribution is 0.415. The van der Waals surface area contributed by atoms with Crippen LogP contribution in [0.25, 0.3) is 0 Å². The number of para-hydroxylation sites is 4. The summed E-state index contributed by atoms with van der Waals surface area (Å²) in [7, 11) is 2.44. The molecule has 0 amide bonds. The summed E-state index contributed by atoms with van der Waals surface area (Å²) in [5.41, 5.74) is 1.39. The monoisotopic (exact) mass is 812 g/mol. The minimum Gasteiger partial charge on any atom is -0.493 e. The minimum atomic E-state index is -2.62. The zero-order chi connectivity index (χ0) is 40.9. The van der Waals surface area contributed by atoms with E-state index in [9.17, 15) is 0 Å². The molecule has 8 aromatic carbocycles. The summed E-state index contributed by atoms with van der Waals surface area (Å²) in [6.07, 6.45) is 1.03. The van der Waals surface area contributed by atoms with Crippen LogP contribution < -0.4 is 56.1 Å². The number of hydrogen-bond donors (Lipinski definition) is 0. The Morgan fingerprint density at radius 2 is 0.525 bits per heavy atom. The smallest absolute Gasteiger partial charge is 0.162 e. The van der Waals surface area contributed by atoms with E-state index >= 15 is 0 Å². The van der Waals surface area contributed by atoms with Gasteiger partial charge in [-0.2, -0.15) is 0 Å². The van der Waals surface area contributed by atoms with Gasteiger partial charge in [0.2, 0.25) is 0 Å². The average Bonchev–Trinajstić information content (AvgIpc) is 3.33. The molecule has 0 fully saturated rings. The maximum Gasteiger partial charge on any atom is 0.162 e. The molecule has 8 aromatic rings. The Hall–Kier alpha value is -6.18. The van der Waals surface area contributed by atoms with Gasteiger partial charge in [-0.05, 0) is 90.5 Å². The fraction of sp³-hybridized carbons (Fsp3) is 0.0943. The van der Waals surface area contributed by atoms with E-state index in [-0.39, 0.29) is 0 Å². The Balaban J connectivity index is 0.000000184. The lowest BCUT2D eigenvalue weighted by atomic mass is 10.2. The van der Waals surface area contributed by atoms with Gasteiger partial charge in [-0.1, -0.05) is 133 Å². The van der Waals surface area contributed by atoms with Crippen molar-refractivity contribution >= 4 is 51.7 Å². The van der Waals surface area contributed by atoms with Crippen LogP contribution in [0.4, 0.5) is 0 Å². The van der Waals surface area contributed by atoms with Crippen LogP contribution in [-0.4, -0.2) is 28.4 Å². The SMILES string of the molecule is COc1ccccc1[P+](c1ccccc1OC)(c1ccccc1OC)c1ccccc1OC.c1ccc(C[P+](c2ccccc2)(c2ccccc2)c2ccccc2)cc1. The van der Waals surface area contributed by atoms with Crippen molar-refractivity contribution in [3.05, 3.63) is 224 Å². The summed E-state index contributed by atoms with van der Waals surface area (Å²) in [6.45, 7) is 0. The number of rotatable bonds is 13. The second-order valence-electron chi connectivity index (χ2n) is 13.8. The minimum absolute atomic E-state index is 0.800. The highest BCUT2D eigenvalue weighted by atomic mass is 31.2. The van der Waals surface area contributed by atoms with Crippen molar-refractivity contribution in [3.63, 3.8) is 0 Å². The van der Waals surface area contributed by atoms with E-state index in [1.807, 2.05) is 72.8 Å². The average molecular weight is 813 g/mol. The Morgan fingerprint density at radius 3 is 0.797 bits per heavy atom. The molecule has 0 bridgehead atoms. The van der Waals surface area contributed by atoms with Crippen molar-refractivity contribution in [1.82, 2.24) is 0 Å². The summed E-state index contributed by atoms with van der Waals surface area (Å²) in [5, 5.41) is 8.54. The Labute approximate surface area is 350 Å². The largest absolute Gasteiger partial charge is 0.493 e. The van der Waals surface area contributed by atoms with Crippen molar-refractivity contribution in [1.29, 1.82) is 0 Å². The molecule has 0 radical (unpaired) electrons. The molecule has 8 rings (SSSR count). The highest BCUT2D eigenvalue weighted by Gasteiger charge is 2.55. The Bertz CT molecular complexity index is 2240. The van der Waals surface area contributed by atoms with E-state index in [1.54, 1.807) is 28.4 Å². The van der Waals surface area contributed by atoms with Gasteiger partial charge in [-0.25, -0.2) is 0 Å². The molecule has 0 spiro atoms. The number of methoxy groups -OCH3 is 4. The van der Waals surface area contributed by atoms with Crippen LogP contribution in [0, 0.1) is 0 Å². The molecular formula is C53H50O4P2+2. The fourth-order valence-corrected chi connectivity index (χ4v) is 17.1. The molecule has 4 nitrogen and oxygen atoms in total. The molecule has 0 N–H and O–H groups in total. The number of ether oxygens (including phenoxy) is 4. The first-order valence-electron chi connectivity index (χ1n) is 19.6. The van der Waals surface area contributed by atoms with E-state index in [0.717, 1.165) is 50.4 Å². The molecule has 0 saturated carbocycles. The normalized spacial score (nSPS) is 11.1. The van der Waals surface area contributed by atoms with Gasteiger partial charge in [0.25, 0.3) is 0 Å². The van der Waals surface area contributed by atoms with Gasteiger partial charge in [0.05, 0.1) is 34.6 Å². The van der Waals surface area contributed by atoms with E-state index in [4.69, 9.17) is 18.9 Å². The quantitative estimate of drug-likeness (QED) is 0.109. The zero-order valence-electron chi connectivity index (χ0n) is 34.0. The highest BCUT2D eigenvalue weighted by Crippen LogP contribution is 2.61. The third kappa shape index (κ3) is 8.26. The molecule has 0 unspecified atom stereocenters. The second kappa shape index (κ2) is 19.5. The molecule has 0 aliphatic heterocycles. The van der Waals surface area contributed by atoms with Crippen LogP contribution in [0.2, 0.25) is 0 Å². The van der Waals surface area contributed by atoms with Gasteiger partial charge >= 0.3 is 0 Å². The van der Waals surface area contributed by atoms with Crippen LogP contribution >= 0.6 is 14.5 Å². The second-order valence-corrected chi connectivity index (χ2v) is 20.6. The first-order valence-corrected chi connectivity index (χ1v) is 23.4. The molecule has 0 atom stereocenters. The van der Waals surface area contributed by atoms with Crippen molar-refractivity contribution in [3.8, 4) is 23.0 Å². The van der Waals surface area contributed by atoms with Crippen molar-refractivity contribution in [2.75, 3.05) is 28.4 Å². The number of benzene rings is 8. The molecule has 6 heteroatoms. The van der Waals surface area contributed by atoms with Crippen LogP contribution in [0.5, 0.6) is 23.0 Å². The van der Waals surface area contributed by atoms with Gasteiger partial charge < -0.3 is 18.9 Å². The van der Waals surface area contributed by atoms with Crippen molar-refractivity contribution < 1.29 is 18.9 Å². The van der Waals surface area contributed by atoms with Gasteiger partial charge in [0.15, 0.2) is 51.5 Å². The van der Waals surface area contributed by atoms with E-state index in [0.29, 0.717) is 0 Å². The molecule has 0 heterocycles. The molecule has 294 valence electrons. The van der Waals surface area contributed by atoms with Crippen molar-refractivity contribution in [2.45, 2.75) is 6.16 Å². The molecule has 0 aromatic heterocycles. The maximum atomic E-state index is 5.94. The van der Waals surface area contributed by atoms with E-state index in [2.05, 4.69) is 146 Å². The number of hydrogen-bond acceptors (Lipinski definition) is 4. The Morgan fingerprint density at radius 1 is 0.288 bits per heavy atom. The van der Waals surface area contributed by atoms with Crippen molar-refractivity contribution in [2.24, 2.45) is 0 Å². The third-order valence-electron chi connectivity index (χ3n) is 10.6. The van der Waals surface area contributed by atoms with E-state index in [1.165, 1.54) is 21.5 Å². The summed E-state index contributed by atoms with van der Waals surface area (Å²) < 4.78 is 23.8. The predicted octanol–water partition coefficient (Wildman–Crippen LogP) is 9.52. The maximum absolute atomic E-state index is 5.94. The van der Waals surface area contributed by atoms with Crippen LogP contribution in [0.1, 0.15) is 5.56 Å². The zero-order valence-corrected chi connectivity index (χ0v) is 35.8. The van der Waals surface area contributed by atoms with Crippen LogP contribution in [-0.2, 0) is 6.16 Å². The fourth-order valence-electron chi connectivity index (χ4n) is 8.03. The highest BCUT2D eigenvalue weighted by molar-refractivity contribution is 8.02. The van der Waals surface area contributed by atoms with Crippen LogP contribution in [0.3, 0.4) is 0 Å². The third-order valence-corrected chi connectivity index (χ3v) is 19.4. The predicted molar refractivity (Wildman–Crippen MR) is 253 cm³/mol. The lowest BCUT2D eigenvalue weighted by Gasteiger charge is -2.31. The molecular weight excluding hydrogens is 763 g/mol. The molecule has 59 heavy (non-hydrogen) atoms. The summed E-state index contributed by atoms with van der Waals surface area (Å²) in [4.78, 5) is 0. The molecule has 0 aliphatic carbocycles. The molecule has 0 saturated heterocycles. The van der Waals surface area contributed by atoms with Gasteiger partial charge in [0.1, 0.15) is 23.2 Å². The summed E-state index contributed by atoms with van der Waals surface area (Å²) in [6, 6.07) is 76.7. The van der Waals surface area contributed by atoms with Crippen LogP contribution in [0.15, 0.2) is 218 Å². The van der Waals surface area contributed by atoms with E-state index < -0.39 is 14.5 Å². The summed E-state index contributed by atoms with van der Waals surface area (Å²) in [5.74, 6) is 3.20. The topological polar surface area (TPSA) is 36.9 Å². The van der Waals surface area contributed by atoms with Gasteiger partial charge in [-0.3, -0.25) is 0 Å². The standard InChI is InChI=1S/C28H28O4P.C25H22P/c1-29-21-13-5-9-17-25(21)33(26-18-10-6-14-22(26)30-2,27-19-11-7-15-23(27)31-3)28-20-12-8-16-24(28)32-4;1-5-13-22(14-6-1)21-26(23-15-7-2-8-16-23,24-17-9-3-10-18-24)25-19-11-4-12-20-25/h5-20H,1-4H3;1-20H,21H2/q2*+1. The first-order chi connectivity index (χ1) is 29.1. The van der Waals surface area contributed by atoms with Gasteiger partial charge in [0, 0.05) is 0 Å². The summed E-state index contributed by atoms with van der Waals surface area (Å²) >= 11 is 0. The first kappa shape index (κ1) is 41.0. The lowest BCUT2D eigenvalue weighted by Crippen LogP contribution is -2.40. The molecule has 0 aliphatic rings. The Kier molecular flexibility index (Phi) is 13.6.